The third kappa shape index (κ3) is 5.63. The fourth-order valence-electron chi connectivity index (χ4n) is 7.33. The molecule has 0 aliphatic rings. The van der Waals surface area contributed by atoms with Crippen LogP contribution in [0.2, 0.25) is 0 Å². The summed E-state index contributed by atoms with van der Waals surface area (Å²) in [5.74, 6) is 0.714. The van der Waals surface area contributed by atoms with Gasteiger partial charge in [-0.05, 0) is 69.5 Å². The van der Waals surface area contributed by atoms with Crippen LogP contribution in [0.1, 0.15) is 89.2 Å². The lowest BCUT2D eigenvalue weighted by atomic mass is 9.82. The number of phenols is 2. The molecular formula is C42H46O2. The first-order valence-corrected chi connectivity index (χ1v) is 17.0. The van der Waals surface area contributed by atoms with Crippen molar-refractivity contribution in [3.05, 3.63) is 96.1 Å². The summed E-state index contributed by atoms with van der Waals surface area (Å²) in [5, 5.41) is 31.4. The van der Waals surface area contributed by atoms with Crippen molar-refractivity contribution in [2.75, 3.05) is 0 Å². The topological polar surface area (TPSA) is 40.5 Å². The first kappa shape index (κ1) is 30.0. The minimum absolute atomic E-state index is 0.357. The zero-order valence-electron chi connectivity index (χ0n) is 26.5. The van der Waals surface area contributed by atoms with Gasteiger partial charge in [-0.3, -0.25) is 0 Å². The van der Waals surface area contributed by atoms with Gasteiger partial charge in [0.15, 0.2) is 0 Å². The van der Waals surface area contributed by atoms with Gasteiger partial charge in [0, 0.05) is 21.5 Å². The Morgan fingerprint density at radius 2 is 0.750 bits per heavy atom. The predicted octanol–water partition coefficient (Wildman–Crippen LogP) is 12.4. The van der Waals surface area contributed by atoms with Crippen molar-refractivity contribution in [1.29, 1.82) is 0 Å². The van der Waals surface area contributed by atoms with Crippen molar-refractivity contribution in [3.63, 3.8) is 0 Å². The lowest BCUT2D eigenvalue weighted by Crippen LogP contribution is -1.97. The van der Waals surface area contributed by atoms with Crippen molar-refractivity contribution >= 4 is 43.1 Å². The van der Waals surface area contributed by atoms with Gasteiger partial charge in [-0.25, -0.2) is 0 Å². The zero-order valence-corrected chi connectivity index (χ0v) is 26.5. The molecule has 0 unspecified atom stereocenters. The van der Waals surface area contributed by atoms with E-state index in [0.29, 0.717) is 11.5 Å². The van der Waals surface area contributed by atoms with Gasteiger partial charge in [-0.1, -0.05) is 150 Å². The van der Waals surface area contributed by atoms with Gasteiger partial charge in [0.2, 0.25) is 0 Å². The highest BCUT2D eigenvalue weighted by Gasteiger charge is 2.23. The van der Waals surface area contributed by atoms with E-state index in [4.69, 9.17) is 0 Å². The molecule has 0 aliphatic heterocycles. The third-order valence-corrected chi connectivity index (χ3v) is 9.56. The molecule has 0 fully saturated rings. The Morgan fingerprint density at radius 1 is 0.386 bits per heavy atom. The van der Waals surface area contributed by atoms with E-state index in [1.165, 1.54) is 73.6 Å². The molecule has 0 aromatic heterocycles. The summed E-state index contributed by atoms with van der Waals surface area (Å²) in [4.78, 5) is 0. The molecule has 0 aliphatic carbocycles. The average Bonchev–Trinajstić information content (AvgIpc) is 3.06. The van der Waals surface area contributed by atoms with E-state index in [1.807, 2.05) is 24.3 Å². The molecule has 44 heavy (non-hydrogen) atoms. The fourth-order valence-corrected chi connectivity index (χ4v) is 7.33. The molecule has 0 saturated heterocycles. The van der Waals surface area contributed by atoms with Crippen molar-refractivity contribution < 1.29 is 10.2 Å². The van der Waals surface area contributed by atoms with E-state index >= 15 is 0 Å². The molecule has 6 rings (SSSR count). The van der Waals surface area contributed by atoms with Gasteiger partial charge in [0.25, 0.3) is 0 Å². The molecule has 0 heterocycles. The van der Waals surface area contributed by atoms with Crippen LogP contribution >= 0.6 is 0 Å². The molecule has 0 spiro atoms. The first-order chi connectivity index (χ1) is 21.7. The average molecular weight is 583 g/mol. The van der Waals surface area contributed by atoms with Crippen LogP contribution in [0.5, 0.6) is 11.5 Å². The Morgan fingerprint density at radius 3 is 1.16 bits per heavy atom. The highest BCUT2D eigenvalue weighted by Crippen LogP contribution is 2.51. The molecule has 0 saturated carbocycles. The van der Waals surface area contributed by atoms with Gasteiger partial charge in [0.05, 0.1) is 0 Å². The second-order valence-corrected chi connectivity index (χ2v) is 12.5. The standard InChI is InChI=1S/C42H46O2/c1-3-5-7-9-11-19-29-21-17-27-35-37(29)39(31-23-13-15-25-33(31)41(35)43)40-32-24-14-16-26-34(32)42(44)36-28-18-22-30(38(36)40)20-12-10-8-6-4-2/h13-18,21-28,43-44H,3-12,19-20H2,1-2H3. The number of benzene rings is 6. The van der Waals surface area contributed by atoms with Gasteiger partial charge < -0.3 is 10.2 Å². The number of unbranched alkanes of at least 4 members (excludes halogenated alkanes) is 8. The lowest BCUT2D eigenvalue weighted by Gasteiger charge is -2.22. The maximum absolute atomic E-state index is 11.7. The van der Waals surface area contributed by atoms with Crippen LogP contribution in [0.3, 0.4) is 0 Å². The first-order valence-electron chi connectivity index (χ1n) is 17.0. The molecule has 2 heteroatoms. The van der Waals surface area contributed by atoms with E-state index in [1.54, 1.807) is 0 Å². The van der Waals surface area contributed by atoms with Crippen LogP contribution in [-0.4, -0.2) is 10.2 Å². The summed E-state index contributed by atoms with van der Waals surface area (Å²) in [5.41, 5.74) is 4.93. The van der Waals surface area contributed by atoms with Crippen LogP contribution in [0.4, 0.5) is 0 Å². The van der Waals surface area contributed by atoms with Crippen molar-refractivity contribution in [1.82, 2.24) is 0 Å². The van der Waals surface area contributed by atoms with Crippen molar-refractivity contribution in [2.45, 2.75) is 90.9 Å². The highest BCUT2D eigenvalue weighted by atomic mass is 16.3. The molecule has 226 valence electrons. The lowest BCUT2D eigenvalue weighted by molar-refractivity contribution is 0.487. The molecule has 2 nitrogen and oxygen atoms in total. The summed E-state index contributed by atoms with van der Waals surface area (Å²) in [6.45, 7) is 4.52. The Labute approximate surface area is 262 Å². The summed E-state index contributed by atoms with van der Waals surface area (Å²) < 4.78 is 0. The molecule has 2 N–H and O–H groups in total. The van der Waals surface area contributed by atoms with Crippen LogP contribution in [0, 0.1) is 0 Å². The van der Waals surface area contributed by atoms with Crippen molar-refractivity contribution in [3.8, 4) is 22.6 Å². The van der Waals surface area contributed by atoms with E-state index in [9.17, 15) is 10.2 Å². The van der Waals surface area contributed by atoms with Crippen LogP contribution in [-0.2, 0) is 12.8 Å². The van der Waals surface area contributed by atoms with Crippen LogP contribution in [0.15, 0.2) is 84.9 Å². The number of phenolic OH excluding ortho intramolecular Hbond substituents is 2. The molecule has 0 radical (unpaired) electrons. The second kappa shape index (κ2) is 13.7. The summed E-state index contributed by atoms with van der Waals surface area (Å²) in [6.07, 6.45) is 14.2. The van der Waals surface area contributed by atoms with Gasteiger partial charge in [-0.2, -0.15) is 0 Å². The predicted molar refractivity (Wildman–Crippen MR) is 190 cm³/mol. The Hall–Kier alpha value is -4.04. The van der Waals surface area contributed by atoms with E-state index < -0.39 is 0 Å². The zero-order chi connectivity index (χ0) is 30.5. The van der Waals surface area contributed by atoms with E-state index in [2.05, 4.69) is 74.5 Å². The third-order valence-electron chi connectivity index (χ3n) is 9.56. The molecule has 6 aromatic rings. The normalized spacial score (nSPS) is 11.8. The number of aromatic hydroxyl groups is 2. The Balaban J connectivity index is 1.69. The molecule has 0 bridgehead atoms. The quantitative estimate of drug-likeness (QED) is 0.105. The minimum Gasteiger partial charge on any atom is -0.507 e. The van der Waals surface area contributed by atoms with Crippen molar-refractivity contribution in [2.24, 2.45) is 0 Å². The Kier molecular flexibility index (Phi) is 9.36. The van der Waals surface area contributed by atoms with Crippen LogP contribution < -0.4 is 0 Å². The minimum atomic E-state index is 0.357. The highest BCUT2D eigenvalue weighted by molar-refractivity contribution is 6.27. The summed E-state index contributed by atoms with van der Waals surface area (Å²) in [6, 6.07) is 29.6. The van der Waals surface area contributed by atoms with Gasteiger partial charge in [-0.15, -0.1) is 0 Å². The summed E-state index contributed by atoms with van der Waals surface area (Å²) >= 11 is 0. The molecule has 0 atom stereocenters. The maximum Gasteiger partial charge on any atom is 0.131 e. The maximum atomic E-state index is 11.7. The molecule has 6 aromatic carbocycles. The Bertz CT molecular complexity index is 1770. The smallest absolute Gasteiger partial charge is 0.131 e. The number of fused-ring (bicyclic) bond motifs is 4. The monoisotopic (exact) mass is 582 g/mol. The molecular weight excluding hydrogens is 536 g/mol. The summed E-state index contributed by atoms with van der Waals surface area (Å²) in [7, 11) is 0. The number of hydrogen-bond acceptors (Lipinski definition) is 2. The molecule has 0 amide bonds. The number of aryl methyl sites for hydroxylation is 2. The second-order valence-electron chi connectivity index (χ2n) is 12.5. The SMILES string of the molecule is CCCCCCCc1cccc2c(O)c3ccccc3c(-c3c4ccccc4c(O)c4cccc(CCCCCCC)c34)c12. The van der Waals surface area contributed by atoms with Gasteiger partial charge >= 0.3 is 0 Å². The van der Waals surface area contributed by atoms with E-state index in [-0.39, 0.29) is 0 Å². The van der Waals surface area contributed by atoms with E-state index in [0.717, 1.165) is 68.8 Å². The fraction of sp³-hybridized carbons (Fsp3) is 0.333. The van der Waals surface area contributed by atoms with Gasteiger partial charge in [0.1, 0.15) is 11.5 Å². The van der Waals surface area contributed by atoms with Crippen LogP contribution in [0.25, 0.3) is 54.2 Å². The number of rotatable bonds is 13. The largest absolute Gasteiger partial charge is 0.507 e. The number of hydrogen-bond donors (Lipinski definition) is 2.